The predicted octanol–water partition coefficient (Wildman–Crippen LogP) is -0.0936. The highest BCUT2D eigenvalue weighted by atomic mass is 16.5. The molecule has 7 heteroatoms. The number of hydrogen-bond donors (Lipinski definition) is 2. The number of carboxylic acids is 1. The predicted molar refractivity (Wildman–Crippen MR) is 63.4 cm³/mol. The Morgan fingerprint density at radius 1 is 1.61 bits per heavy atom. The molecule has 1 fully saturated rings. The molecule has 18 heavy (non-hydrogen) atoms. The van der Waals surface area contributed by atoms with E-state index in [2.05, 4.69) is 5.32 Å². The standard InChI is InChI=1S/C11H20N2O5/c1-8(17-2)6-12-11(16)13-3-4-18-7-9(13)5-10(14)15/h8-9H,3-7H2,1-2H3,(H,12,16)(H,14,15). The van der Waals surface area contributed by atoms with Gasteiger partial charge in [0.2, 0.25) is 0 Å². The van der Waals surface area contributed by atoms with E-state index < -0.39 is 12.0 Å². The average molecular weight is 260 g/mol. The van der Waals surface area contributed by atoms with Crippen LogP contribution in [0.5, 0.6) is 0 Å². The molecular weight excluding hydrogens is 240 g/mol. The minimum atomic E-state index is -0.937. The molecule has 0 bridgehead atoms. The first-order chi connectivity index (χ1) is 8.54. The molecule has 2 amide bonds. The summed E-state index contributed by atoms with van der Waals surface area (Å²) >= 11 is 0. The van der Waals surface area contributed by atoms with Gasteiger partial charge in [-0.15, -0.1) is 0 Å². The summed E-state index contributed by atoms with van der Waals surface area (Å²) in [6.45, 7) is 3.34. The van der Waals surface area contributed by atoms with Crippen LogP contribution in [0.15, 0.2) is 0 Å². The number of methoxy groups -OCH3 is 1. The molecule has 0 aromatic carbocycles. The SMILES string of the molecule is COC(C)CNC(=O)N1CCOCC1CC(=O)O. The number of carboxylic acid groups (broad SMARTS) is 1. The van der Waals surface area contributed by atoms with Gasteiger partial charge in [0.15, 0.2) is 0 Å². The molecule has 1 aliphatic heterocycles. The molecule has 0 aromatic rings. The number of nitrogens with one attached hydrogen (secondary N) is 1. The van der Waals surface area contributed by atoms with Gasteiger partial charge in [-0.25, -0.2) is 4.79 Å². The van der Waals surface area contributed by atoms with Gasteiger partial charge in [0.05, 0.1) is 31.8 Å². The van der Waals surface area contributed by atoms with Gasteiger partial charge in [0.1, 0.15) is 0 Å². The number of nitrogens with zero attached hydrogens (tertiary/aromatic N) is 1. The number of amides is 2. The van der Waals surface area contributed by atoms with Gasteiger partial charge < -0.3 is 24.8 Å². The zero-order valence-electron chi connectivity index (χ0n) is 10.7. The number of morpholine rings is 1. The lowest BCUT2D eigenvalue weighted by Gasteiger charge is -2.34. The summed E-state index contributed by atoms with van der Waals surface area (Å²) in [5, 5.41) is 11.5. The summed E-state index contributed by atoms with van der Waals surface area (Å²) in [6, 6.07) is -0.678. The maximum absolute atomic E-state index is 11.9. The Morgan fingerprint density at radius 2 is 2.33 bits per heavy atom. The zero-order chi connectivity index (χ0) is 13.5. The first-order valence-electron chi connectivity index (χ1n) is 5.91. The second-order valence-electron chi connectivity index (χ2n) is 4.25. The smallest absolute Gasteiger partial charge is 0.317 e. The fourth-order valence-corrected chi connectivity index (χ4v) is 1.71. The Morgan fingerprint density at radius 3 is 2.94 bits per heavy atom. The molecule has 0 radical (unpaired) electrons. The van der Waals surface area contributed by atoms with Gasteiger partial charge in [-0.2, -0.15) is 0 Å². The molecule has 2 N–H and O–H groups in total. The van der Waals surface area contributed by atoms with Gasteiger partial charge in [-0.1, -0.05) is 0 Å². The number of carbonyl (C=O) groups excluding carboxylic acids is 1. The number of carbonyl (C=O) groups is 2. The quantitative estimate of drug-likeness (QED) is 0.721. The summed E-state index contributed by atoms with van der Waals surface area (Å²) in [7, 11) is 1.57. The fraction of sp³-hybridized carbons (Fsp3) is 0.818. The first-order valence-corrected chi connectivity index (χ1v) is 5.91. The van der Waals surface area contributed by atoms with Crippen molar-refractivity contribution in [1.29, 1.82) is 0 Å². The molecule has 2 atom stereocenters. The van der Waals surface area contributed by atoms with E-state index in [9.17, 15) is 9.59 Å². The lowest BCUT2D eigenvalue weighted by atomic mass is 10.1. The molecule has 1 rings (SSSR count). The highest BCUT2D eigenvalue weighted by Crippen LogP contribution is 2.10. The van der Waals surface area contributed by atoms with E-state index in [1.807, 2.05) is 6.92 Å². The van der Waals surface area contributed by atoms with Crippen molar-refractivity contribution >= 4 is 12.0 Å². The van der Waals surface area contributed by atoms with Crippen molar-refractivity contribution in [3.05, 3.63) is 0 Å². The summed E-state index contributed by atoms with van der Waals surface area (Å²) in [5.41, 5.74) is 0. The zero-order valence-corrected chi connectivity index (χ0v) is 10.7. The van der Waals surface area contributed by atoms with Crippen LogP contribution in [0, 0.1) is 0 Å². The van der Waals surface area contributed by atoms with Crippen LogP contribution in [0.4, 0.5) is 4.79 Å². The molecule has 0 saturated carbocycles. The van der Waals surface area contributed by atoms with E-state index in [0.29, 0.717) is 19.7 Å². The van der Waals surface area contributed by atoms with Gasteiger partial charge >= 0.3 is 12.0 Å². The lowest BCUT2D eigenvalue weighted by molar-refractivity contribution is -0.139. The van der Waals surface area contributed by atoms with E-state index in [1.165, 1.54) is 4.90 Å². The average Bonchev–Trinajstić information content (AvgIpc) is 2.35. The Labute approximate surface area is 106 Å². The monoisotopic (exact) mass is 260 g/mol. The Bertz CT molecular complexity index is 297. The minimum absolute atomic E-state index is 0.0760. The van der Waals surface area contributed by atoms with Crippen LogP contribution >= 0.6 is 0 Å². The topological polar surface area (TPSA) is 88.1 Å². The van der Waals surface area contributed by atoms with E-state index in [4.69, 9.17) is 14.6 Å². The van der Waals surface area contributed by atoms with Crippen LogP contribution in [0.3, 0.4) is 0 Å². The van der Waals surface area contributed by atoms with Crippen LogP contribution in [0.25, 0.3) is 0 Å². The van der Waals surface area contributed by atoms with Crippen molar-refractivity contribution in [3.8, 4) is 0 Å². The van der Waals surface area contributed by atoms with E-state index in [-0.39, 0.29) is 25.2 Å². The molecule has 2 unspecified atom stereocenters. The van der Waals surface area contributed by atoms with Crippen LogP contribution in [0.2, 0.25) is 0 Å². The van der Waals surface area contributed by atoms with Crippen LogP contribution in [-0.4, -0.2) is 67.6 Å². The molecule has 1 heterocycles. The van der Waals surface area contributed by atoms with Crippen LogP contribution < -0.4 is 5.32 Å². The summed E-state index contributed by atoms with van der Waals surface area (Å²) < 4.78 is 10.2. The number of hydrogen-bond acceptors (Lipinski definition) is 4. The number of aliphatic carboxylic acids is 1. The van der Waals surface area contributed by atoms with Gasteiger partial charge in [0.25, 0.3) is 0 Å². The van der Waals surface area contributed by atoms with E-state index >= 15 is 0 Å². The Hall–Kier alpha value is -1.34. The van der Waals surface area contributed by atoms with E-state index in [0.717, 1.165) is 0 Å². The highest BCUT2D eigenvalue weighted by molar-refractivity contribution is 5.76. The summed E-state index contributed by atoms with van der Waals surface area (Å²) in [6.07, 6.45) is -0.180. The Balaban J connectivity index is 2.49. The minimum Gasteiger partial charge on any atom is -0.481 e. The van der Waals surface area contributed by atoms with Crippen LogP contribution in [-0.2, 0) is 14.3 Å². The van der Waals surface area contributed by atoms with E-state index in [1.54, 1.807) is 7.11 Å². The van der Waals surface area contributed by atoms with Crippen molar-refractivity contribution < 1.29 is 24.2 Å². The summed E-state index contributed by atoms with van der Waals surface area (Å²) in [5.74, 6) is -0.937. The maximum atomic E-state index is 11.9. The molecule has 1 saturated heterocycles. The molecule has 0 spiro atoms. The third kappa shape index (κ3) is 4.50. The van der Waals surface area contributed by atoms with Gasteiger partial charge in [0, 0.05) is 20.2 Å². The number of rotatable bonds is 5. The highest BCUT2D eigenvalue weighted by Gasteiger charge is 2.29. The molecule has 0 aromatic heterocycles. The number of urea groups is 1. The van der Waals surface area contributed by atoms with Crippen molar-refractivity contribution in [2.75, 3.05) is 33.4 Å². The molecular formula is C11H20N2O5. The normalized spacial score (nSPS) is 21.4. The fourth-order valence-electron chi connectivity index (χ4n) is 1.71. The van der Waals surface area contributed by atoms with Crippen molar-refractivity contribution in [1.82, 2.24) is 10.2 Å². The lowest BCUT2D eigenvalue weighted by Crippen LogP contribution is -2.54. The largest absolute Gasteiger partial charge is 0.481 e. The maximum Gasteiger partial charge on any atom is 0.317 e. The molecule has 1 aliphatic rings. The third-order valence-corrected chi connectivity index (χ3v) is 2.84. The first kappa shape index (κ1) is 14.7. The van der Waals surface area contributed by atoms with Crippen molar-refractivity contribution in [2.45, 2.75) is 25.5 Å². The van der Waals surface area contributed by atoms with Crippen LogP contribution in [0.1, 0.15) is 13.3 Å². The third-order valence-electron chi connectivity index (χ3n) is 2.84. The van der Waals surface area contributed by atoms with Gasteiger partial charge in [-0.05, 0) is 6.92 Å². The Kier molecular flexibility index (Phi) is 5.87. The molecule has 0 aliphatic carbocycles. The van der Waals surface area contributed by atoms with Crippen molar-refractivity contribution in [3.63, 3.8) is 0 Å². The van der Waals surface area contributed by atoms with Crippen molar-refractivity contribution in [2.24, 2.45) is 0 Å². The number of ether oxygens (including phenoxy) is 2. The second-order valence-corrected chi connectivity index (χ2v) is 4.25. The van der Waals surface area contributed by atoms with Gasteiger partial charge in [-0.3, -0.25) is 4.79 Å². The second kappa shape index (κ2) is 7.17. The molecule has 7 nitrogen and oxygen atoms in total. The molecule has 104 valence electrons. The summed E-state index contributed by atoms with van der Waals surface area (Å²) in [4.78, 5) is 24.1.